The maximum absolute atomic E-state index is 14.9. The molecule has 0 bridgehead atoms. The Morgan fingerprint density at radius 3 is 1.29 bits per heavy atom. The first kappa shape index (κ1) is 109. The highest BCUT2D eigenvalue weighted by Crippen LogP contribution is 2.18. The van der Waals surface area contributed by atoms with Gasteiger partial charge in [0.25, 0.3) is 0 Å². The average molecular weight is 1720 g/mol. The lowest BCUT2D eigenvalue weighted by molar-refractivity contribution is -0.150. The quantitative estimate of drug-likeness (QED) is 0.0241. The summed E-state index contributed by atoms with van der Waals surface area (Å²) < 4.78 is 5.58. The zero-order valence-electron chi connectivity index (χ0n) is 73.5. The predicted octanol–water partition coefficient (Wildman–Crippen LogP) is -1.60. The summed E-state index contributed by atoms with van der Waals surface area (Å²) in [4.78, 5) is 263. The van der Waals surface area contributed by atoms with Crippen molar-refractivity contribution in [2.45, 2.75) is 343 Å². The number of esters is 1. The number of rotatable bonds is 49. The molecule has 15 atom stereocenters. The van der Waals surface area contributed by atoms with Gasteiger partial charge >= 0.3 is 11.9 Å². The van der Waals surface area contributed by atoms with E-state index in [-0.39, 0.29) is 68.7 Å². The van der Waals surface area contributed by atoms with Gasteiger partial charge in [0.05, 0.1) is 18.6 Å². The number of carboxylic acids is 1. The number of primary amides is 4. The lowest BCUT2D eigenvalue weighted by Crippen LogP contribution is -2.62. The molecule has 40 nitrogen and oxygen atoms in total. The van der Waals surface area contributed by atoms with Gasteiger partial charge in [-0.25, -0.2) is 4.79 Å². The molecule has 0 aliphatic carbocycles. The topological polar surface area (TPSA) is 647 Å². The third kappa shape index (κ3) is 45.4. The summed E-state index contributed by atoms with van der Waals surface area (Å²) in [5.74, 6) is -22.2. The van der Waals surface area contributed by atoms with Crippen LogP contribution in [-0.2, 0) is 95.8 Å². The van der Waals surface area contributed by atoms with Crippen molar-refractivity contribution < 1.29 is 106 Å². The first-order valence-corrected chi connectivity index (χ1v) is 42.3. The van der Waals surface area contributed by atoms with Crippen LogP contribution < -0.4 is 97.4 Å². The van der Waals surface area contributed by atoms with Crippen LogP contribution in [0.5, 0.6) is 0 Å². The second-order valence-electron chi connectivity index (χ2n) is 34.3. The van der Waals surface area contributed by atoms with Crippen molar-refractivity contribution in [1.29, 1.82) is 0 Å². The summed E-state index contributed by atoms with van der Waals surface area (Å²) in [6.45, 7) is 25.5. The molecule has 24 N–H and O–H groups in total. The molecule has 1 fully saturated rings. The molecule has 1 heterocycles. The van der Waals surface area contributed by atoms with Gasteiger partial charge in [-0.1, -0.05) is 136 Å². The molecule has 1 aliphatic rings. The maximum atomic E-state index is 14.9. The minimum atomic E-state index is -2.09. The molecule has 17 amide bonds. The Kier molecular flexibility index (Phi) is 50.8. The number of hydrogen-bond acceptors (Lipinski definition) is 22. The van der Waals surface area contributed by atoms with Crippen LogP contribution in [0.3, 0.4) is 0 Å². The van der Waals surface area contributed by atoms with Crippen LogP contribution >= 0.6 is 0 Å². The van der Waals surface area contributed by atoms with E-state index in [2.05, 4.69) is 81.4 Å². The van der Waals surface area contributed by atoms with Crippen molar-refractivity contribution in [3.63, 3.8) is 0 Å². The van der Waals surface area contributed by atoms with Gasteiger partial charge in [-0.15, -0.1) is 0 Å². The van der Waals surface area contributed by atoms with E-state index in [1.807, 2.05) is 13.8 Å². The number of ether oxygens (including phenoxy) is 1. The number of hydrogen-bond donors (Lipinski definition) is 20. The smallest absolute Gasteiger partial charge is 0.328 e. The Morgan fingerprint density at radius 2 is 0.851 bits per heavy atom. The van der Waals surface area contributed by atoms with Gasteiger partial charge < -0.3 is 112 Å². The van der Waals surface area contributed by atoms with Crippen LogP contribution in [0.2, 0.25) is 0 Å². The van der Waals surface area contributed by atoms with E-state index >= 15 is 0 Å². The highest BCUT2D eigenvalue weighted by atomic mass is 16.5. The molecule has 40 heteroatoms. The molecule has 688 valence electrons. The number of aliphatic hydroxyl groups is 1. The molecule has 1 rings (SSSR count). The Bertz CT molecular complexity index is 3470. The Balaban J connectivity index is 4.10. The molecule has 0 radical (unpaired) electrons. The Labute approximate surface area is 710 Å². The highest BCUT2D eigenvalue weighted by Gasteiger charge is 2.40. The van der Waals surface area contributed by atoms with Crippen LogP contribution in [0.25, 0.3) is 0 Å². The summed E-state index contributed by atoms with van der Waals surface area (Å²) in [6.07, 6.45) is -0.779. The number of aliphatic carboxylic acids is 1. The number of cyclic esters (lactones) is 1. The van der Waals surface area contributed by atoms with Crippen molar-refractivity contribution in [2.24, 2.45) is 64.4 Å². The van der Waals surface area contributed by atoms with Crippen molar-refractivity contribution in [2.75, 3.05) is 13.2 Å². The van der Waals surface area contributed by atoms with E-state index in [1.54, 1.807) is 55.4 Å². The fraction of sp³-hybridized carbons (Fsp3) is 0.765. The molecular weight excluding hydrogens is 1580 g/mol. The predicted molar refractivity (Wildman–Crippen MR) is 445 cm³/mol. The fourth-order valence-corrected chi connectivity index (χ4v) is 13.1. The number of carboxylic acid groups (broad SMARTS) is 1. The molecule has 121 heavy (non-hydrogen) atoms. The second-order valence-corrected chi connectivity index (χ2v) is 34.3. The van der Waals surface area contributed by atoms with Crippen LogP contribution in [-0.4, -0.2) is 226 Å². The molecular formula is C81H142N18O22. The van der Waals surface area contributed by atoms with Crippen LogP contribution in [0, 0.1) is 41.4 Å². The summed E-state index contributed by atoms with van der Waals surface area (Å²) in [5, 5.41) is 56.7. The number of carbonyl (C=O) groups is 19. The minimum absolute atomic E-state index is 0.0139. The molecule has 0 aromatic rings. The van der Waals surface area contributed by atoms with Gasteiger partial charge in [0.1, 0.15) is 79.1 Å². The van der Waals surface area contributed by atoms with Gasteiger partial charge in [-0.2, -0.15) is 0 Å². The summed E-state index contributed by atoms with van der Waals surface area (Å²) in [6, 6.07) is -21.5. The lowest BCUT2D eigenvalue weighted by atomic mass is 9.98. The SMILES string of the molecule is CCCCCCC[C@@H](O)CC(=O)N[C@H](CN[C@H](CCC(=O)O)C(=O)N[C@H](CCC(N)=O)C(=O)N[C@@H](C(=O)N[C@H](CC(C)C)C(=O)N[C@@H](CCC(N)=O)C(=O)N[C@@H]1COC(=O)[C@H](C)NC(=O)[C@@H](CCC(N)=O)NC(=O)[C@H](CC(C)C)NC(=O)[C@H](CC(C)C)NC(=O)[C@@H](CCC(N)=O)NC(=O)[C@@H](CC(C)C)NC(=O)[C@@H](C(C)C)NC1=O)C(C)C)CC(C)C. The van der Waals surface area contributed by atoms with Gasteiger partial charge in [-0.05, 0) is 119 Å². The van der Waals surface area contributed by atoms with Crippen molar-refractivity contribution >= 4 is 112 Å². The average Bonchev–Trinajstić information content (AvgIpc) is 1.06. The van der Waals surface area contributed by atoms with Crippen LogP contribution in [0.4, 0.5) is 0 Å². The summed E-state index contributed by atoms with van der Waals surface area (Å²) in [5.41, 5.74) is 22.1. The largest absolute Gasteiger partial charge is 0.481 e. The number of carbonyl (C=O) groups excluding carboxylic acids is 18. The maximum Gasteiger partial charge on any atom is 0.328 e. The molecule has 0 spiro atoms. The summed E-state index contributed by atoms with van der Waals surface area (Å²) >= 11 is 0. The second kappa shape index (κ2) is 56.4. The highest BCUT2D eigenvalue weighted by molar-refractivity contribution is 6.01. The van der Waals surface area contributed by atoms with Gasteiger partial charge in [0, 0.05) is 44.7 Å². The van der Waals surface area contributed by atoms with Gasteiger partial charge in [0.15, 0.2) is 0 Å². The van der Waals surface area contributed by atoms with E-state index in [4.69, 9.17) is 27.7 Å². The molecule has 1 saturated heterocycles. The van der Waals surface area contributed by atoms with Crippen LogP contribution in [0.15, 0.2) is 0 Å². The van der Waals surface area contributed by atoms with Gasteiger partial charge in [0.2, 0.25) is 100 Å². The molecule has 0 saturated carbocycles. The van der Waals surface area contributed by atoms with Crippen molar-refractivity contribution in [1.82, 2.24) is 74.4 Å². The number of aliphatic hydroxyl groups excluding tert-OH is 1. The van der Waals surface area contributed by atoms with Crippen molar-refractivity contribution in [3.05, 3.63) is 0 Å². The summed E-state index contributed by atoms with van der Waals surface area (Å²) in [7, 11) is 0. The lowest BCUT2D eigenvalue weighted by Gasteiger charge is -2.30. The minimum Gasteiger partial charge on any atom is -0.481 e. The normalized spacial score (nSPS) is 20.7. The molecule has 0 aromatic heterocycles. The number of nitrogens with two attached hydrogens (primary N) is 4. The molecule has 0 aromatic carbocycles. The van der Waals surface area contributed by atoms with E-state index in [9.17, 15) is 101 Å². The third-order valence-corrected chi connectivity index (χ3v) is 19.6. The van der Waals surface area contributed by atoms with E-state index in [0.29, 0.717) is 12.8 Å². The van der Waals surface area contributed by atoms with E-state index in [0.717, 1.165) is 39.0 Å². The number of nitrogens with one attached hydrogen (secondary N) is 14. The van der Waals surface area contributed by atoms with Crippen molar-refractivity contribution in [3.8, 4) is 0 Å². The molecule has 0 unspecified atom stereocenters. The number of amides is 17. The Hall–Kier alpha value is -10.1. The van der Waals surface area contributed by atoms with Crippen LogP contribution in [0.1, 0.15) is 252 Å². The third-order valence-electron chi connectivity index (χ3n) is 19.6. The monoisotopic (exact) mass is 1720 g/mol. The fourth-order valence-electron chi connectivity index (χ4n) is 13.1. The van der Waals surface area contributed by atoms with Gasteiger partial charge in [-0.3, -0.25) is 86.3 Å². The van der Waals surface area contributed by atoms with E-state index in [1.165, 1.54) is 27.7 Å². The first-order chi connectivity index (χ1) is 56.4. The molecule has 1 aliphatic heterocycles. The first-order valence-electron chi connectivity index (χ1n) is 42.3. The number of unbranched alkanes of at least 4 members (excludes halogenated alkanes) is 4. The standard InChI is InChI=1S/C81H142N18O22/c1-17-18-19-20-21-22-50(100)38-65(105)88-49(33-41(2)3)39-86-51(27-32-66(106)107)69(108)89-55(26-31-64(85)104)73(112)98-67(46(12)13)79(118)95-59(37-45(10)11)76(115)92-54(25-30-63(84)103)72(111)97-60-40-121-81(120)48(16)87-70(109)52(23-28-61(82)101)90-74(113)56(34-42(4)5)94-77(116)57(35-43(6)7)93-71(110)53(24-29-62(83)102)91-75(114)58(36-44(8)9)96-80(119)68(47(14)15)99-78(60)117/h41-60,67-68,86,100H,17-40H2,1-16H3,(H2,82,101)(H2,83,102)(H2,84,103)(H2,85,104)(H,87,109)(H,88,105)(H,89,108)(H,90,113)(H,91,114)(H,92,115)(H,93,110)(H,94,116)(H,95,118)(H,96,119)(H,97,111)(H,98,112)(H,99,117)(H,106,107)/t48-,49-,50+,51+,52+,53+,54-,55+,56-,57-,58+,59+,60+,67+,68+/m0/s1. The van der Waals surface area contributed by atoms with E-state index < -0.39 is 285 Å². The Morgan fingerprint density at radius 1 is 0.438 bits per heavy atom. The zero-order valence-corrected chi connectivity index (χ0v) is 73.5. The zero-order chi connectivity index (χ0) is 92.2.